The highest BCUT2D eigenvalue weighted by atomic mass is 17.2. The van der Waals surface area contributed by atoms with Crippen molar-refractivity contribution in [2.75, 3.05) is 0 Å². The summed E-state index contributed by atoms with van der Waals surface area (Å²) >= 11 is 0. The van der Waals surface area contributed by atoms with E-state index >= 15 is 0 Å². The summed E-state index contributed by atoms with van der Waals surface area (Å²) in [7, 11) is 0. The molecule has 0 aliphatic heterocycles. The van der Waals surface area contributed by atoms with Gasteiger partial charge in [-0.1, -0.05) is 33.8 Å². The van der Waals surface area contributed by atoms with E-state index in [-0.39, 0.29) is 28.3 Å². The maximum atomic E-state index is 5.75. The highest BCUT2D eigenvalue weighted by Crippen LogP contribution is 2.42. The van der Waals surface area contributed by atoms with E-state index in [1.165, 1.54) is 5.56 Å². The Morgan fingerprint density at radius 3 is 1.14 bits per heavy atom. The van der Waals surface area contributed by atoms with Gasteiger partial charge in [0.2, 0.25) is 11.5 Å². The minimum absolute atomic E-state index is 0.263. The van der Waals surface area contributed by atoms with E-state index in [2.05, 4.69) is 33.8 Å². The SMILES string of the molecule is CC(C)(C)OOC(C)(C)CCC(C)(C)OOC(C)(C)C.CC(C)c1ccc(OOC(C)(C)C)c(OOC(C)(C)C)c1C(C)C. The van der Waals surface area contributed by atoms with Gasteiger partial charge in [-0.3, -0.25) is 0 Å². The zero-order valence-electron chi connectivity index (χ0n) is 32.0. The highest BCUT2D eigenvalue weighted by Gasteiger charge is 2.30. The van der Waals surface area contributed by atoms with Gasteiger partial charge < -0.3 is 9.78 Å². The molecular weight excluding hydrogens is 560 g/mol. The maximum absolute atomic E-state index is 5.75. The summed E-state index contributed by atoms with van der Waals surface area (Å²) in [5.41, 5.74) is 0.119. The van der Waals surface area contributed by atoms with Crippen molar-refractivity contribution >= 4 is 0 Å². The number of rotatable bonds is 13. The van der Waals surface area contributed by atoms with Crippen molar-refractivity contribution in [3.8, 4) is 11.5 Å². The Hall–Kier alpha value is -1.42. The van der Waals surface area contributed by atoms with Crippen molar-refractivity contribution in [3.05, 3.63) is 23.3 Å². The van der Waals surface area contributed by atoms with Crippen LogP contribution in [0.15, 0.2) is 12.1 Å². The Balaban J connectivity index is 0.000000856. The van der Waals surface area contributed by atoms with Crippen molar-refractivity contribution < 1.29 is 39.1 Å². The molecule has 0 atom stereocenters. The predicted molar refractivity (Wildman–Crippen MR) is 179 cm³/mol. The summed E-state index contributed by atoms with van der Waals surface area (Å²) < 4.78 is 0. The van der Waals surface area contributed by atoms with Crippen LogP contribution in [0.25, 0.3) is 0 Å². The smallest absolute Gasteiger partial charge is 0.215 e. The first-order chi connectivity index (χ1) is 19.4. The standard InChI is InChI=1S/C20H34O4.C16H34O4/c1-13(2)15-11-12-16(21-23-19(5,6)7)18(17(15)14(3)4)22-24-20(8,9)10;1-13(2,3)17-19-15(7,8)11-12-16(9,10)20-18-14(4,5)6/h11-14H,1-10H3;11-12H2,1-10H3. The zero-order chi connectivity index (χ0) is 34.9. The van der Waals surface area contributed by atoms with Crippen molar-refractivity contribution in [2.45, 2.75) is 197 Å². The first-order valence-electron chi connectivity index (χ1n) is 16.1. The molecule has 1 rings (SSSR count). The van der Waals surface area contributed by atoms with E-state index in [0.717, 1.165) is 18.4 Å². The molecular formula is C36H68O8. The average Bonchev–Trinajstić information content (AvgIpc) is 2.81. The molecule has 44 heavy (non-hydrogen) atoms. The van der Waals surface area contributed by atoms with Crippen molar-refractivity contribution in [3.63, 3.8) is 0 Å². The third kappa shape index (κ3) is 19.9. The molecule has 0 bridgehead atoms. The van der Waals surface area contributed by atoms with Gasteiger partial charge >= 0.3 is 0 Å². The minimum atomic E-state index is -0.426. The molecule has 0 saturated heterocycles. The van der Waals surface area contributed by atoms with Crippen molar-refractivity contribution in [1.29, 1.82) is 0 Å². The van der Waals surface area contributed by atoms with Crippen LogP contribution < -0.4 is 9.78 Å². The highest BCUT2D eigenvalue weighted by molar-refractivity contribution is 5.52. The molecule has 260 valence electrons. The normalized spacial score (nSPS) is 13.7. The summed E-state index contributed by atoms with van der Waals surface area (Å²) in [6, 6.07) is 3.96. The Morgan fingerprint density at radius 2 is 0.818 bits per heavy atom. The molecule has 8 heteroatoms. The van der Waals surface area contributed by atoms with Crippen LogP contribution >= 0.6 is 0 Å². The van der Waals surface area contributed by atoms with Gasteiger partial charge in [0.15, 0.2) is 0 Å². The Kier molecular flexibility index (Phi) is 15.9. The summed E-state index contributed by atoms with van der Waals surface area (Å²) in [6.07, 6.45) is 1.62. The molecule has 8 nitrogen and oxygen atoms in total. The summed E-state index contributed by atoms with van der Waals surface area (Å²) in [6.45, 7) is 40.1. The Morgan fingerprint density at radius 1 is 0.455 bits per heavy atom. The van der Waals surface area contributed by atoms with E-state index in [0.29, 0.717) is 17.4 Å². The van der Waals surface area contributed by atoms with Gasteiger partial charge in [0.1, 0.15) is 11.2 Å². The molecule has 0 N–H and O–H groups in total. The molecule has 1 aromatic carbocycles. The van der Waals surface area contributed by atoms with E-state index in [4.69, 9.17) is 39.1 Å². The Labute approximate surface area is 270 Å². The van der Waals surface area contributed by atoms with Crippen LogP contribution in [0.2, 0.25) is 0 Å². The van der Waals surface area contributed by atoms with E-state index in [1.807, 2.05) is 117 Å². The molecule has 0 unspecified atom stereocenters. The van der Waals surface area contributed by atoms with Gasteiger partial charge in [-0.15, -0.1) is 0 Å². The topological polar surface area (TPSA) is 73.8 Å². The van der Waals surface area contributed by atoms with Crippen LogP contribution in [0.4, 0.5) is 0 Å². The van der Waals surface area contributed by atoms with E-state index < -0.39 is 11.2 Å². The largest absolute Gasteiger partial charge is 0.333 e. The number of benzene rings is 1. The lowest BCUT2D eigenvalue weighted by molar-refractivity contribution is -0.410. The second-order valence-corrected chi connectivity index (χ2v) is 17.3. The first kappa shape index (κ1) is 42.6. The minimum Gasteiger partial charge on any atom is -0.333 e. The molecule has 0 saturated carbocycles. The lowest BCUT2D eigenvalue weighted by Crippen LogP contribution is -2.35. The van der Waals surface area contributed by atoms with Crippen molar-refractivity contribution in [2.24, 2.45) is 0 Å². The van der Waals surface area contributed by atoms with Crippen LogP contribution in [0.3, 0.4) is 0 Å². The van der Waals surface area contributed by atoms with Gasteiger partial charge in [0.25, 0.3) is 0 Å². The van der Waals surface area contributed by atoms with Crippen LogP contribution in [0.1, 0.15) is 174 Å². The van der Waals surface area contributed by atoms with Gasteiger partial charge in [0, 0.05) is 5.56 Å². The van der Waals surface area contributed by atoms with Crippen LogP contribution in [-0.2, 0) is 29.3 Å². The lowest BCUT2D eigenvalue weighted by Gasteiger charge is -2.33. The maximum Gasteiger partial charge on any atom is 0.215 e. The monoisotopic (exact) mass is 628 g/mol. The van der Waals surface area contributed by atoms with Crippen LogP contribution in [0.5, 0.6) is 11.5 Å². The van der Waals surface area contributed by atoms with E-state index in [1.54, 1.807) is 0 Å². The predicted octanol–water partition coefficient (Wildman–Crippen LogP) is 11.0. The number of hydrogen-bond acceptors (Lipinski definition) is 8. The lowest BCUT2D eigenvalue weighted by atomic mass is 9.89. The molecule has 0 aliphatic rings. The quantitative estimate of drug-likeness (QED) is 0.158. The first-order valence-corrected chi connectivity index (χ1v) is 16.1. The Bertz CT molecular complexity index is 938. The molecule has 0 aliphatic carbocycles. The molecule has 0 radical (unpaired) electrons. The second kappa shape index (κ2) is 16.4. The molecule has 0 fully saturated rings. The van der Waals surface area contributed by atoms with Gasteiger partial charge in [-0.25, -0.2) is 19.6 Å². The average molecular weight is 629 g/mol. The molecule has 0 amide bonds. The molecule has 0 aromatic heterocycles. The van der Waals surface area contributed by atoms with Gasteiger partial charge in [-0.2, -0.15) is 9.78 Å². The summed E-state index contributed by atoms with van der Waals surface area (Å²) in [5.74, 6) is 1.76. The molecule has 0 spiro atoms. The fourth-order valence-electron chi connectivity index (χ4n) is 3.34. The van der Waals surface area contributed by atoms with Crippen LogP contribution in [0, 0.1) is 0 Å². The third-order valence-corrected chi connectivity index (χ3v) is 5.51. The van der Waals surface area contributed by atoms with Gasteiger partial charge in [-0.05, 0) is 147 Å². The van der Waals surface area contributed by atoms with Gasteiger partial charge in [0.05, 0.1) is 22.4 Å². The molecule has 1 aromatic rings. The van der Waals surface area contributed by atoms with Crippen LogP contribution in [-0.4, -0.2) is 33.6 Å². The third-order valence-electron chi connectivity index (χ3n) is 5.51. The fourth-order valence-corrected chi connectivity index (χ4v) is 3.34. The summed E-state index contributed by atoms with van der Waals surface area (Å²) in [5, 5.41) is 0. The zero-order valence-corrected chi connectivity index (χ0v) is 32.0. The second-order valence-electron chi connectivity index (χ2n) is 17.3. The number of hydrogen-bond donors (Lipinski definition) is 0. The fraction of sp³-hybridized carbons (Fsp3) is 0.833. The summed E-state index contributed by atoms with van der Waals surface area (Å²) in [4.78, 5) is 44.3. The molecule has 0 heterocycles. The van der Waals surface area contributed by atoms with Crippen molar-refractivity contribution in [1.82, 2.24) is 0 Å². The van der Waals surface area contributed by atoms with E-state index in [9.17, 15) is 0 Å².